The van der Waals surface area contributed by atoms with Gasteiger partial charge in [0.2, 0.25) is 0 Å². The third-order valence-electron chi connectivity index (χ3n) is 3.06. The molecule has 0 saturated heterocycles. The molecular formula is C16H21NO. The van der Waals surface area contributed by atoms with Crippen molar-refractivity contribution in [3.63, 3.8) is 0 Å². The summed E-state index contributed by atoms with van der Waals surface area (Å²) in [7, 11) is 3.92. The van der Waals surface area contributed by atoms with Crippen LogP contribution in [-0.4, -0.2) is 25.3 Å². The lowest BCUT2D eigenvalue weighted by molar-refractivity contribution is -0.104. The molecule has 0 spiro atoms. The Hall–Kier alpha value is -1.83. The van der Waals surface area contributed by atoms with E-state index in [2.05, 4.69) is 32.9 Å². The SMILES string of the molecule is Cc1cc(C(/C=C\N(C)C)=C/C=O)cc(C)c1C. The molecule has 0 N–H and O–H groups in total. The van der Waals surface area contributed by atoms with E-state index < -0.39 is 0 Å². The number of allylic oxidation sites excluding steroid dienone is 3. The first-order valence-electron chi connectivity index (χ1n) is 6.04. The molecule has 1 rings (SSSR count). The molecule has 96 valence electrons. The molecule has 0 heterocycles. The Morgan fingerprint density at radius 2 is 1.67 bits per heavy atom. The van der Waals surface area contributed by atoms with Crippen LogP contribution in [0.4, 0.5) is 0 Å². The van der Waals surface area contributed by atoms with Crippen LogP contribution >= 0.6 is 0 Å². The fraction of sp³-hybridized carbons (Fsp3) is 0.312. The summed E-state index contributed by atoms with van der Waals surface area (Å²) in [6.45, 7) is 6.31. The number of carbonyl (C=O) groups excluding carboxylic acids is 1. The molecule has 0 aliphatic heterocycles. The van der Waals surface area contributed by atoms with Crippen LogP contribution in [-0.2, 0) is 4.79 Å². The molecule has 2 nitrogen and oxygen atoms in total. The van der Waals surface area contributed by atoms with E-state index in [1.165, 1.54) is 16.7 Å². The predicted molar refractivity (Wildman–Crippen MR) is 77.5 cm³/mol. The number of benzene rings is 1. The van der Waals surface area contributed by atoms with E-state index in [4.69, 9.17) is 0 Å². The van der Waals surface area contributed by atoms with Crippen molar-refractivity contribution in [2.75, 3.05) is 14.1 Å². The number of aldehydes is 1. The van der Waals surface area contributed by atoms with Gasteiger partial charge in [0.05, 0.1) is 0 Å². The molecule has 18 heavy (non-hydrogen) atoms. The van der Waals surface area contributed by atoms with Crippen molar-refractivity contribution in [1.29, 1.82) is 0 Å². The zero-order valence-corrected chi connectivity index (χ0v) is 11.8. The molecule has 0 amide bonds. The smallest absolute Gasteiger partial charge is 0.143 e. The summed E-state index contributed by atoms with van der Waals surface area (Å²) in [5, 5.41) is 0. The van der Waals surface area contributed by atoms with Crippen molar-refractivity contribution in [1.82, 2.24) is 4.90 Å². The maximum atomic E-state index is 10.7. The fourth-order valence-corrected chi connectivity index (χ4v) is 1.75. The predicted octanol–water partition coefficient (Wildman–Crippen LogP) is 3.27. The van der Waals surface area contributed by atoms with E-state index >= 15 is 0 Å². The van der Waals surface area contributed by atoms with E-state index in [-0.39, 0.29) is 0 Å². The van der Waals surface area contributed by atoms with Crippen molar-refractivity contribution < 1.29 is 4.79 Å². The minimum Gasteiger partial charge on any atom is -0.383 e. The Morgan fingerprint density at radius 1 is 1.11 bits per heavy atom. The molecule has 1 aromatic rings. The van der Waals surface area contributed by atoms with Gasteiger partial charge < -0.3 is 4.90 Å². The van der Waals surface area contributed by atoms with Gasteiger partial charge in [-0.2, -0.15) is 0 Å². The average Bonchev–Trinajstić information content (AvgIpc) is 2.30. The van der Waals surface area contributed by atoms with Crippen LogP contribution < -0.4 is 0 Å². The van der Waals surface area contributed by atoms with Gasteiger partial charge in [0.1, 0.15) is 6.29 Å². The highest BCUT2D eigenvalue weighted by atomic mass is 16.1. The molecule has 0 aliphatic rings. The first-order valence-corrected chi connectivity index (χ1v) is 6.04. The molecule has 1 aromatic carbocycles. The Kier molecular flexibility index (Phi) is 4.90. The van der Waals surface area contributed by atoms with E-state index in [0.29, 0.717) is 0 Å². The van der Waals surface area contributed by atoms with Crippen LogP contribution in [0.15, 0.2) is 30.5 Å². The van der Waals surface area contributed by atoms with Gasteiger partial charge in [-0.3, -0.25) is 4.79 Å². The Balaban J connectivity index is 3.23. The summed E-state index contributed by atoms with van der Waals surface area (Å²) in [6.07, 6.45) is 6.33. The van der Waals surface area contributed by atoms with Crippen LogP contribution in [0.25, 0.3) is 5.57 Å². The number of nitrogens with zero attached hydrogens (tertiary/aromatic N) is 1. The standard InChI is InChI=1S/C16H21NO/c1-12-10-16(11-13(2)14(12)3)15(7-9-18)6-8-17(4)5/h6-11H,1-5H3/b8-6-,15-7+. The zero-order valence-electron chi connectivity index (χ0n) is 11.8. The molecule has 0 atom stereocenters. The van der Waals surface area contributed by atoms with Crippen LogP contribution in [0.1, 0.15) is 22.3 Å². The molecule has 0 unspecified atom stereocenters. The molecule has 0 fully saturated rings. The summed E-state index contributed by atoms with van der Waals surface area (Å²) >= 11 is 0. The Morgan fingerprint density at radius 3 is 2.11 bits per heavy atom. The normalized spacial score (nSPS) is 11.9. The van der Waals surface area contributed by atoms with E-state index in [1.807, 2.05) is 31.3 Å². The lowest BCUT2D eigenvalue weighted by Crippen LogP contribution is -2.00. The number of aryl methyl sites for hydroxylation is 2. The quantitative estimate of drug-likeness (QED) is 0.459. The topological polar surface area (TPSA) is 20.3 Å². The third-order valence-corrected chi connectivity index (χ3v) is 3.06. The number of rotatable bonds is 4. The minimum absolute atomic E-state index is 0.833. The second-order valence-corrected chi connectivity index (χ2v) is 4.77. The van der Waals surface area contributed by atoms with Crippen LogP contribution in [0.5, 0.6) is 0 Å². The zero-order chi connectivity index (χ0) is 13.7. The van der Waals surface area contributed by atoms with Crippen molar-refractivity contribution in [3.8, 4) is 0 Å². The van der Waals surface area contributed by atoms with Crippen LogP contribution in [0, 0.1) is 20.8 Å². The highest BCUT2D eigenvalue weighted by Crippen LogP contribution is 2.22. The lowest BCUT2D eigenvalue weighted by Gasteiger charge is -2.10. The van der Waals surface area contributed by atoms with Gasteiger partial charge in [-0.1, -0.05) is 12.1 Å². The van der Waals surface area contributed by atoms with Gasteiger partial charge >= 0.3 is 0 Å². The fourth-order valence-electron chi connectivity index (χ4n) is 1.75. The number of carbonyl (C=O) groups is 1. The Bertz CT molecular complexity index is 473. The van der Waals surface area contributed by atoms with Gasteiger partial charge in [-0.25, -0.2) is 0 Å². The second kappa shape index (κ2) is 6.20. The molecule has 0 aromatic heterocycles. The third kappa shape index (κ3) is 3.59. The van der Waals surface area contributed by atoms with Gasteiger partial charge in [0, 0.05) is 14.1 Å². The lowest BCUT2D eigenvalue weighted by atomic mass is 9.96. The Labute approximate surface area is 110 Å². The second-order valence-electron chi connectivity index (χ2n) is 4.77. The van der Waals surface area contributed by atoms with Crippen LogP contribution in [0.3, 0.4) is 0 Å². The summed E-state index contributed by atoms with van der Waals surface area (Å²) in [5.41, 5.74) is 5.83. The van der Waals surface area contributed by atoms with E-state index in [9.17, 15) is 4.79 Å². The highest BCUT2D eigenvalue weighted by molar-refractivity contribution is 5.86. The molecular weight excluding hydrogens is 222 g/mol. The minimum atomic E-state index is 0.833. The van der Waals surface area contributed by atoms with Gasteiger partial charge in [-0.05, 0) is 67.0 Å². The van der Waals surface area contributed by atoms with Crippen molar-refractivity contribution in [2.45, 2.75) is 20.8 Å². The van der Waals surface area contributed by atoms with Crippen molar-refractivity contribution >= 4 is 11.9 Å². The van der Waals surface area contributed by atoms with Crippen molar-refractivity contribution in [2.24, 2.45) is 0 Å². The number of hydrogen-bond donors (Lipinski definition) is 0. The summed E-state index contributed by atoms with van der Waals surface area (Å²) in [6, 6.07) is 4.25. The van der Waals surface area contributed by atoms with Gasteiger partial charge in [0.25, 0.3) is 0 Å². The maximum absolute atomic E-state index is 10.7. The largest absolute Gasteiger partial charge is 0.383 e. The first-order chi connectivity index (χ1) is 8.45. The first kappa shape index (κ1) is 14.2. The molecule has 0 bridgehead atoms. The summed E-state index contributed by atoms with van der Waals surface area (Å²) < 4.78 is 0. The number of hydrogen-bond acceptors (Lipinski definition) is 2. The van der Waals surface area contributed by atoms with Gasteiger partial charge in [0.15, 0.2) is 0 Å². The summed E-state index contributed by atoms with van der Waals surface area (Å²) in [4.78, 5) is 12.7. The summed E-state index contributed by atoms with van der Waals surface area (Å²) in [5.74, 6) is 0. The average molecular weight is 243 g/mol. The van der Waals surface area contributed by atoms with E-state index in [0.717, 1.165) is 17.4 Å². The molecule has 2 heteroatoms. The molecule has 0 saturated carbocycles. The van der Waals surface area contributed by atoms with Crippen molar-refractivity contribution in [3.05, 3.63) is 52.7 Å². The molecule has 0 radical (unpaired) electrons. The van der Waals surface area contributed by atoms with Crippen LogP contribution in [0.2, 0.25) is 0 Å². The molecule has 0 aliphatic carbocycles. The monoisotopic (exact) mass is 243 g/mol. The van der Waals surface area contributed by atoms with E-state index in [1.54, 1.807) is 6.08 Å². The maximum Gasteiger partial charge on any atom is 0.143 e. The van der Waals surface area contributed by atoms with Gasteiger partial charge in [-0.15, -0.1) is 0 Å². The highest BCUT2D eigenvalue weighted by Gasteiger charge is 2.03.